The topological polar surface area (TPSA) is 20.2 Å². The number of aliphatic hydroxyl groups is 1. The van der Waals surface area contributed by atoms with Gasteiger partial charge in [-0.15, -0.1) is 0 Å². The Bertz CT molecular complexity index is 61.0. The van der Waals surface area contributed by atoms with Crippen molar-refractivity contribution >= 4 is 0 Å². The lowest BCUT2D eigenvalue weighted by Crippen LogP contribution is -1.85. The lowest BCUT2D eigenvalue weighted by atomic mass is 10.2. The molecule has 0 fully saturated rings. The van der Waals surface area contributed by atoms with E-state index in [2.05, 4.69) is 27.7 Å². The summed E-state index contributed by atoms with van der Waals surface area (Å²) in [7, 11) is 0. The molecule has 1 nitrogen and oxygen atoms in total. The van der Waals surface area contributed by atoms with Gasteiger partial charge >= 0.3 is 0 Å². The largest absolute Gasteiger partial charge is 0.394 e. The van der Waals surface area contributed by atoms with Crippen LogP contribution in [0, 0.1) is 0 Å². The molecular formula is C14H34O. The van der Waals surface area contributed by atoms with Crippen molar-refractivity contribution in [2.24, 2.45) is 0 Å². The van der Waals surface area contributed by atoms with E-state index in [-0.39, 0.29) is 6.10 Å². The predicted molar refractivity (Wildman–Crippen MR) is 72.4 cm³/mol. The molecule has 0 saturated heterocycles. The molecule has 0 rings (SSSR count). The molecule has 15 heavy (non-hydrogen) atoms. The van der Waals surface area contributed by atoms with E-state index in [1.54, 1.807) is 13.8 Å². The fraction of sp³-hybridized carbons (Fsp3) is 1.00. The minimum absolute atomic E-state index is 0.167. The van der Waals surface area contributed by atoms with Gasteiger partial charge in [-0.2, -0.15) is 0 Å². The maximum absolute atomic E-state index is 8.06. The molecule has 0 aliphatic heterocycles. The van der Waals surface area contributed by atoms with Crippen LogP contribution in [0.25, 0.3) is 0 Å². The first-order valence-corrected chi connectivity index (χ1v) is 6.74. The molecule has 0 aromatic carbocycles. The SMILES string of the molecule is CC(C)O.CCCCC.CCCCCC. The molecule has 0 spiro atoms. The molecule has 0 bridgehead atoms. The third-order valence-corrected chi connectivity index (χ3v) is 1.66. The predicted octanol–water partition coefficient (Wildman–Crippen LogP) is 5.17. The molecular weight excluding hydrogens is 184 g/mol. The molecule has 0 unspecified atom stereocenters. The van der Waals surface area contributed by atoms with E-state index in [1.807, 2.05) is 0 Å². The monoisotopic (exact) mass is 218 g/mol. The van der Waals surface area contributed by atoms with Crippen molar-refractivity contribution in [3.63, 3.8) is 0 Å². The summed E-state index contributed by atoms with van der Waals surface area (Å²) in [5, 5.41) is 8.06. The summed E-state index contributed by atoms with van der Waals surface area (Å²) >= 11 is 0. The van der Waals surface area contributed by atoms with Crippen molar-refractivity contribution in [2.45, 2.75) is 92.6 Å². The van der Waals surface area contributed by atoms with Gasteiger partial charge in [0.25, 0.3) is 0 Å². The first-order chi connectivity index (χ1) is 7.06. The molecule has 0 aliphatic carbocycles. The van der Waals surface area contributed by atoms with Gasteiger partial charge in [0.05, 0.1) is 0 Å². The zero-order chi connectivity index (χ0) is 12.5. The lowest BCUT2D eigenvalue weighted by Gasteiger charge is -1.86. The molecule has 0 aromatic rings. The number of rotatable bonds is 5. The molecule has 0 saturated carbocycles. The number of hydrogen-bond donors (Lipinski definition) is 1. The van der Waals surface area contributed by atoms with E-state index in [1.165, 1.54) is 44.9 Å². The van der Waals surface area contributed by atoms with Crippen LogP contribution in [-0.2, 0) is 0 Å². The molecule has 1 N–H and O–H groups in total. The Morgan fingerprint density at radius 3 is 0.933 bits per heavy atom. The van der Waals surface area contributed by atoms with E-state index in [0.29, 0.717) is 0 Å². The average Bonchev–Trinajstić information content (AvgIpc) is 2.16. The van der Waals surface area contributed by atoms with Crippen LogP contribution < -0.4 is 0 Å². The molecule has 1 heteroatoms. The highest BCUT2D eigenvalue weighted by Crippen LogP contribution is 1.95. The van der Waals surface area contributed by atoms with Crippen molar-refractivity contribution in [2.75, 3.05) is 0 Å². The minimum atomic E-state index is -0.167. The van der Waals surface area contributed by atoms with E-state index in [9.17, 15) is 0 Å². The number of unbranched alkanes of at least 4 members (excludes halogenated alkanes) is 5. The van der Waals surface area contributed by atoms with Gasteiger partial charge in [0.2, 0.25) is 0 Å². The average molecular weight is 218 g/mol. The van der Waals surface area contributed by atoms with Gasteiger partial charge in [-0.25, -0.2) is 0 Å². The molecule has 0 atom stereocenters. The highest BCUT2D eigenvalue weighted by atomic mass is 16.3. The lowest BCUT2D eigenvalue weighted by molar-refractivity contribution is 0.216. The Labute approximate surface area is 98.3 Å². The Kier molecular flexibility index (Phi) is 32.1. The zero-order valence-corrected chi connectivity index (χ0v) is 12.0. The fourth-order valence-electron chi connectivity index (χ4n) is 0.854. The van der Waals surface area contributed by atoms with E-state index < -0.39 is 0 Å². The standard InChI is InChI=1S/C6H14.C5H12.C3H8O/c1-3-5-6-4-2;1-3-5-4-2;1-3(2)4/h3-6H2,1-2H3;3-5H2,1-2H3;3-4H,1-2H3. The van der Waals surface area contributed by atoms with Crippen LogP contribution >= 0.6 is 0 Å². The van der Waals surface area contributed by atoms with Crippen LogP contribution in [-0.4, -0.2) is 11.2 Å². The van der Waals surface area contributed by atoms with E-state index in [0.717, 1.165) is 0 Å². The Balaban J connectivity index is -0.000000147. The van der Waals surface area contributed by atoms with Crippen LogP contribution in [0.4, 0.5) is 0 Å². The van der Waals surface area contributed by atoms with Crippen LogP contribution in [0.1, 0.15) is 86.5 Å². The first kappa shape index (κ1) is 20.4. The zero-order valence-electron chi connectivity index (χ0n) is 12.0. The Morgan fingerprint density at radius 1 is 0.667 bits per heavy atom. The van der Waals surface area contributed by atoms with Crippen molar-refractivity contribution in [1.82, 2.24) is 0 Å². The smallest absolute Gasteiger partial charge is 0.0483 e. The normalized spacial score (nSPS) is 8.80. The minimum Gasteiger partial charge on any atom is -0.394 e. The summed E-state index contributed by atoms with van der Waals surface area (Å²) in [6.07, 6.45) is 9.45. The maximum atomic E-state index is 8.06. The maximum Gasteiger partial charge on any atom is 0.0483 e. The second kappa shape index (κ2) is 23.6. The number of hydrogen-bond acceptors (Lipinski definition) is 1. The van der Waals surface area contributed by atoms with Crippen LogP contribution in [0.15, 0.2) is 0 Å². The van der Waals surface area contributed by atoms with Crippen LogP contribution in [0.3, 0.4) is 0 Å². The van der Waals surface area contributed by atoms with Gasteiger partial charge in [-0.1, -0.05) is 72.6 Å². The first-order valence-electron chi connectivity index (χ1n) is 6.74. The second-order valence-electron chi connectivity index (χ2n) is 4.15. The molecule has 0 heterocycles. The molecule has 0 aliphatic rings. The molecule has 0 radical (unpaired) electrons. The van der Waals surface area contributed by atoms with Gasteiger partial charge in [-0.3, -0.25) is 0 Å². The van der Waals surface area contributed by atoms with Gasteiger partial charge in [-0.05, 0) is 13.8 Å². The van der Waals surface area contributed by atoms with Crippen molar-refractivity contribution < 1.29 is 5.11 Å². The quantitative estimate of drug-likeness (QED) is 0.631. The Hall–Kier alpha value is -0.0400. The second-order valence-corrected chi connectivity index (χ2v) is 4.15. The van der Waals surface area contributed by atoms with Crippen molar-refractivity contribution in [3.8, 4) is 0 Å². The third-order valence-electron chi connectivity index (χ3n) is 1.66. The third kappa shape index (κ3) is 81.2. The summed E-state index contributed by atoms with van der Waals surface area (Å²) < 4.78 is 0. The summed E-state index contributed by atoms with van der Waals surface area (Å²) in [6, 6.07) is 0. The fourth-order valence-corrected chi connectivity index (χ4v) is 0.854. The summed E-state index contributed by atoms with van der Waals surface area (Å²) in [4.78, 5) is 0. The highest BCUT2D eigenvalue weighted by molar-refractivity contribution is 4.31. The molecule has 0 aromatic heterocycles. The molecule has 0 amide bonds. The summed E-state index contributed by atoms with van der Waals surface area (Å²) in [6.45, 7) is 12.3. The van der Waals surface area contributed by atoms with E-state index >= 15 is 0 Å². The van der Waals surface area contributed by atoms with Gasteiger partial charge in [0, 0.05) is 6.10 Å². The van der Waals surface area contributed by atoms with E-state index in [4.69, 9.17) is 5.11 Å². The van der Waals surface area contributed by atoms with Crippen LogP contribution in [0.2, 0.25) is 0 Å². The van der Waals surface area contributed by atoms with Crippen molar-refractivity contribution in [1.29, 1.82) is 0 Å². The van der Waals surface area contributed by atoms with Gasteiger partial charge in [0.15, 0.2) is 0 Å². The van der Waals surface area contributed by atoms with Gasteiger partial charge in [0.1, 0.15) is 0 Å². The number of aliphatic hydroxyl groups excluding tert-OH is 1. The van der Waals surface area contributed by atoms with Gasteiger partial charge < -0.3 is 5.11 Å². The van der Waals surface area contributed by atoms with Crippen LogP contribution in [0.5, 0.6) is 0 Å². The van der Waals surface area contributed by atoms with Crippen molar-refractivity contribution in [3.05, 3.63) is 0 Å². The Morgan fingerprint density at radius 2 is 0.867 bits per heavy atom. The molecule has 96 valence electrons. The summed E-state index contributed by atoms with van der Waals surface area (Å²) in [5.41, 5.74) is 0. The summed E-state index contributed by atoms with van der Waals surface area (Å²) in [5.74, 6) is 0. The highest BCUT2D eigenvalue weighted by Gasteiger charge is 1.75.